The lowest BCUT2D eigenvalue weighted by molar-refractivity contribution is -0.149. The third-order valence-electron chi connectivity index (χ3n) is 4.61. The van der Waals surface area contributed by atoms with Crippen LogP contribution in [0.3, 0.4) is 0 Å². The van der Waals surface area contributed by atoms with Crippen molar-refractivity contribution in [1.82, 2.24) is 10.2 Å². The molecular formula is C19H27F2N3O2. The molecule has 1 N–H and O–H groups in total. The van der Waals surface area contributed by atoms with Gasteiger partial charge in [0, 0.05) is 38.7 Å². The van der Waals surface area contributed by atoms with Gasteiger partial charge in [-0.25, -0.2) is 8.78 Å². The molecule has 144 valence electrons. The third-order valence-corrected chi connectivity index (χ3v) is 4.61. The summed E-state index contributed by atoms with van der Waals surface area (Å²) in [6.07, 6.45) is 1.69. The maximum Gasteiger partial charge on any atom is 0.310 e. The lowest BCUT2D eigenvalue weighted by atomic mass is 9.98. The van der Waals surface area contributed by atoms with Gasteiger partial charge in [-0.1, -0.05) is 13.0 Å². The molecular weight excluding hydrogens is 340 g/mol. The molecule has 0 radical (unpaired) electrons. The molecule has 0 aromatic heterocycles. The zero-order valence-corrected chi connectivity index (χ0v) is 15.6. The summed E-state index contributed by atoms with van der Waals surface area (Å²) in [6, 6.07) is 3.63. The van der Waals surface area contributed by atoms with Gasteiger partial charge in [0.15, 0.2) is 5.96 Å². The van der Waals surface area contributed by atoms with Crippen molar-refractivity contribution in [1.29, 1.82) is 0 Å². The van der Waals surface area contributed by atoms with Crippen molar-refractivity contribution in [3.8, 4) is 0 Å². The summed E-state index contributed by atoms with van der Waals surface area (Å²) in [5.74, 6) is -0.940. The fourth-order valence-electron chi connectivity index (χ4n) is 3.21. The second kappa shape index (κ2) is 9.50. The number of halogens is 2. The standard InChI is InChI=1S/C19H27F2N3O2/c1-4-26-18(25)14-6-5-9-24(12-14)19(22-3)23-11-13(2)16-8-7-15(20)10-17(16)21/h7-8,10,13-14H,4-6,9,11-12H2,1-3H3,(H,22,23). The van der Waals surface area contributed by atoms with Gasteiger partial charge in [-0.15, -0.1) is 0 Å². The van der Waals surface area contributed by atoms with Crippen LogP contribution < -0.4 is 5.32 Å². The minimum absolute atomic E-state index is 0.155. The highest BCUT2D eigenvalue weighted by molar-refractivity contribution is 5.81. The quantitative estimate of drug-likeness (QED) is 0.494. The fraction of sp³-hybridized carbons (Fsp3) is 0.579. The van der Waals surface area contributed by atoms with E-state index in [4.69, 9.17) is 4.74 Å². The Labute approximate surface area is 153 Å². The third kappa shape index (κ3) is 5.16. The van der Waals surface area contributed by atoms with Gasteiger partial charge in [0.1, 0.15) is 11.6 Å². The number of guanidine groups is 1. The summed E-state index contributed by atoms with van der Waals surface area (Å²) in [7, 11) is 1.68. The normalized spacial score (nSPS) is 19.2. The predicted molar refractivity (Wildman–Crippen MR) is 97.1 cm³/mol. The van der Waals surface area contributed by atoms with E-state index in [9.17, 15) is 13.6 Å². The van der Waals surface area contributed by atoms with Crippen LogP contribution in [0.5, 0.6) is 0 Å². The molecule has 2 rings (SSSR count). The van der Waals surface area contributed by atoms with Crippen molar-refractivity contribution in [2.24, 2.45) is 10.9 Å². The summed E-state index contributed by atoms with van der Waals surface area (Å²) in [6.45, 7) is 5.86. The largest absolute Gasteiger partial charge is 0.466 e. The summed E-state index contributed by atoms with van der Waals surface area (Å²) < 4.78 is 32.1. The molecule has 1 aromatic rings. The number of ether oxygens (including phenoxy) is 1. The molecule has 26 heavy (non-hydrogen) atoms. The Bertz CT molecular complexity index is 652. The van der Waals surface area contributed by atoms with Gasteiger partial charge >= 0.3 is 5.97 Å². The first-order chi connectivity index (χ1) is 12.5. The van der Waals surface area contributed by atoms with Crippen molar-refractivity contribution in [2.45, 2.75) is 32.6 Å². The highest BCUT2D eigenvalue weighted by Gasteiger charge is 2.28. The molecule has 1 aliphatic rings. The van der Waals surface area contributed by atoms with E-state index in [2.05, 4.69) is 10.3 Å². The zero-order valence-electron chi connectivity index (χ0n) is 15.6. The molecule has 5 nitrogen and oxygen atoms in total. The average Bonchev–Trinajstić information content (AvgIpc) is 2.62. The Hall–Kier alpha value is -2.18. The first-order valence-corrected chi connectivity index (χ1v) is 9.03. The van der Waals surface area contributed by atoms with E-state index >= 15 is 0 Å². The second-order valence-corrected chi connectivity index (χ2v) is 6.53. The van der Waals surface area contributed by atoms with Gasteiger partial charge in [-0.3, -0.25) is 9.79 Å². The number of hydrogen-bond donors (Lipinski definition) is 1. The molecule has 1 aliphatic heterocycles. The predicted octanol–water partition coefficient (Wildman–Crippen LogP) is 2.92. The summed E-state index contributed by atoms with van der Waals surface area (Å²) in [4.78, 5) is 18.3. The van der Waals surface area contributed by atoms with Gasteiger partial charge in [0.25, 0.3) is 0 Å². The van der Waals surface area contributed by atoms with Gasteiger partial charge in [0.2, 0.25) is 0 Å². The van der Waals surface area contributed by atoms with Crippen LogP contribution in [0, 0.1) is 17.6 Å². The number of benzene rings is 1. The molecule has 2 atom stereocenters. The fourth-order valence-corrected chi connectivity index (χ4v) is 3.21. The van der Waals surface area contributed by atoms with Gasteiger partial charge in [0.05, 0.1) is 12.5 Å². The van der Waals surface area contributed by atoms with Gasteiger partial charge in [-0.05, 0) is 31.4 Å². The maximum atomic E-state index is 13.9. The van der Waals surface area contributed by atoms with Crippen LogP contribution in [0.15, 0.2) is 23.2 Å². The first-order valence-electron chi connectivity index (χ1n) is 9.03. The number of likely N-dealkylation sites (tertiary alicyclic amines) is 1. The van der Waals surface area contributed by atoms with E-state index < -0.39 is 11.6 Å². The minimum atomic E-state index is -0.583. The number of rotatable bonds is 5. The number of carbonyl (C=O) groups excluding carboxylic acids is 1. The molecule has 0 saturated carbocycles. The van der Waals surface area contributed by atoms with Crippen molar-refractivity contribution >= 4 is 11.9 Å². The summed E-state index contributed by atoms with van der Waals surface area (Å²) in [5.41, 5.74) is 0.456. The Morgan fingerprint density at radius 2 is 2.23 bits per heavy atom. The molecule has 1 fully saturated rings. The van der Waals surface area contributed by atoms with E-state index in [1.54, 1.807) is 14.0 Å². The van der Waals surface area contributed by atoms with Crippen molar-refractivity contribution < 1.29 is 18.3 Å². The Kier molecular flexibility index (Phi) is 7.36. The number of esters is 1. The van der Waals surface area contributed by atoms with Crippen LogP contribution in [0.1, 0.15) is 38.2 Å². The Morgan fingerprint density at radius 1 is 1.46 bits per heavy atom. The monoisotopic (exact) mass is 367 g/mol. The van der Waals surface area contributed by atoms with Crippen LogP contribution >= 0.6 is 0 Å². The highest BCUT2D eigenvalue weighted by atomic mass is 19.1. The number of aliphatic imine (C=N–C) groups is 1. The minimum Gasteiger partial charge on any atom is -0.466 e. The SMILES string of the molecule is CCOC(=O)C1CCCN(C(=NC)NCC(C)c2ccc(F)cc2F)C1. The Morgan fingerprint density at radius 3 is 2.88 bits per heavy atom. The van der Waals surface area contributed by atoms with E-state index in [0.29, 0.717) is 31.2 Å². The second-order valence-electron chi connectivity index (χ2n) is 6.53. The van der Waals surface area contributed by atoms with Crippen LogP contribution in [-0.2, 0) is 9.53 Å². The maximum absolute atomic E-state index is 13.9. The van der Waals surface area contributed by atoms with Crippen molar-refractivity contribution in [3.05, 3.63) is 35.4 Å². The van der Waals surface area contributed by atoms with Crippen LogP contribution in [-0.4, -0.2) is 50.1 Å². The van der Waals surface area contributed by atoms with Crippen LogP contribution in [0.25, 0.3) is 0 Å². The van der Waals surface area contributed by atoms with Crippen molar-refractivity contribution in [3.63, 3.8) is 0 Å². The van der Waals surface area contributed by atoms with Crippen molar-refractivity contribution in [2.75, 3.05) is 33.3 Å². The molecule has 0 bridgehead atoms. The summed E-state index contributed by atoms with van der Waals surface area (Å²) in [5, 5.41) is 3.23. The van der Waals surface area contributed by atoms with Crippen LogP contribution in [0.2, 0.25) is 0 Å². The topological polar surface area (TPSA) is 53.9 Å². The molecule has 7 heteroatoms. The molecule has 2 unspecified atom stereocenters. The number of piperidine rings is 1. The van der Waals surface area contributed by atoms with Crippen LogP contribution in [0.4, 0.5) is 8.78 Å². The zero-order chi connectivity index (χ0) is 19.1. The molecule has 0 amide bonds. The van der Waals surface area contributed by atoms with Gasteiger partial charge in [-0.2, -0.15) is 0 Å². The van der Waals surface area contributed by atoms with E-state index in [-0.39, 0.29) is 17.8 Å². The molecule has 0 aliphatic carbocycles. The number of carbonyl (C=O) groups is 1. The smallest absolute Gasteiger partial charge is 0.310 e. The average molecular weight is 367 g/mol. The lowest BCUT2D eigenvalue weighted by Gasteiger charge is -2.34. The van der Waals surface area contributed by atoms with E-state index in [0.717, 1.165) is 25.5 Å². The molecule has 1 saturated heterocycles. The highest BCUT2D eigenvalue weighted by Crippen LogP contribution is 2.20. The molecule has 1 aromatic carbocycles. The summed E-state index contributed by atoms with van der Waals surface area (Å²) >= 11 is 0. The Balaban J connectivity index is 1.95. The van der Waals surface area contributed by atoms with E-state index in [1.165, 1.54) is 12.1 Å². The number of nitrogens with one attached hydrogen (secondary N) is 1. The molecule has 0 spiro atoms. The van der Waals surface area contributed by atoms with E-state index in [1.807, 2.05) is 11.8 Å². The van der Waals surface area contributed by atoms with Gasteiger partial charge < -0.3 is 15.0 Å². The first kappa shape index (κ1) is 20.1. The number of hydrogen-bond acceptors (Lipinski definition) is 3. The lowest BCUT2D eigenvalue weighted by Crippen LogP contribution is -2.48. The number of nitrogens with zero attached hydrogens (tertiary/aromatic N) is 2. The molecule has 1 heterocycles.